The number of benzene rings is 2. The van der Waals surface area contributed by atoms with E-state index < -0.39 is 0 Å². The van der Waals surface area contributed by atoms with Gasteiger partial charge in [-0.3, -0.25) is 4.79 Å². The van der Waals surface area contributed by atoms with E-state index in [0.29, 0.717) is 28.3 Å². The third kappa shape index (κ3) is 5.01. The topological polar surface area (TPSA) is 86.5 Å². The molecule has 3 aromatic rings. The Morgan fingerprint density at radius 2 is 2.04 bits per heavy atom. The van der Waals surface area contributed by atoms with Crippen LogP contribution in [-0.2, 0) is 4.79 Å². The first-order valence-corrected chi connectivity index (χ1v) is 9.61. The van der Waals surface area contributed by atoms with E-state index in [1.54, 1.807) is 25.3 Å². The van der Waals surface area contributed by atoms with Gasteiger partial charge in [-0.25, -0.2) is 0 Å². The monoisotopic (exact) mass is 449 g/mol. The smallest absolute Gasteiger partial charge is 0.277 e. The van der Waals surface area contributed by atoms with Crippen molar-refractivity contribution in [1.29, 1.82) is 0 Å². The predicted octanol–water partition coefficient (Wildman–Crippen LogP) is 4.25. The number of thioether (sulfide) groups is 1. The molecule has 0 aliphatic rings. The van der Waals surface area contributed by atoms with Crippen LogP contribution >= 0.6 is 27.7 Å². The lowest BCUT2D eigenvalue weighted by molar-refractivity contribution is -0.113. The number of carbonyl (C=O) groups is 1. The highest BCUT2D eigenvalue weighted by Crippen LogP contribution is 2.29. The standard InChI is InChI=1S/C18H16BrN3O4S/c1-24-13-6-7-15(25-2)14(9-13)20-16(23)10-27-18-22-21-17(26-18)11-4-3-5-12(19)8-11/h3-9H,10H2,1-2H3,(H,20,23). The second-order valence-corrected chi connectivity index (χ2v) is 7.13. The predicted molar refractivity (Wildman–Crippen MR) is 106 cm³/mol. The molecule has 0 saturated heterocycles. The zero-order valence-electron chi connectivity index (χ0n) is 14.6. The van der Waals surface area contributed by atoms with Crippen molar-refractivity contribution >= 4 is 39.3 Å². The Balaban J connectivity index is 1.62. The van der Waals surface area contributed by atoms with Gasteiger partial charge < -0.3 is 19.2 Å². The number of hydrogen-bond acceptors (Lipinski definition) is 7. The van der Waals surface area contributed by atoms with Crippen LogP contribution in [-0.4, -0.2) is 36.1 Å². The maximum Gasteiger partial charge on any atom is 0.277 e. The van der Waals surface area contributed by atoms with E-state index in [9.17, 15) is 4.79 Å². The van der Waals surface area contributed by atoms with Crippen LogP contribution < -0.4 is 14.8 Å². The van der Waals surface area contributed by atoms with Crippen molar-refractivity contribution in [3.05, 3.63) is 46.9 Å². The highest BCUT2D eigenvalue weighted by Gasteiger charge is 2.13. The zero-order chi connectivity index (χ0) is 19.2. The summed E-state index contributed by atoms with van der Waals surface area (Å²) in [6.45, 7) is 0. The molecule has 0 spiro atoms. The molecular weight excluding hydrogens is 434 g/mol. The number of methoxy groups -OCH3 is 2. The Labute approximate surface area is 168 Å². The Morgan fingerprint density at radius 1 is 1.19 bits per heavy atom. The molecule has 0 saturated carbocycles. The van der Waals surface area contributed by atoms with Crippen molar-refractivity contribution in [1.82, 2.24) is 10.2 Å². The molecule has 1 aromatic heterocycles. The van der Waals surface area contributed by atoms with E-state index >= 15 is 0 Å². The highest BCUT2D eigenvalue weighted by molar-refractivity contribution is 9.10. The van der Waals surface area contributed by atoms with Gasteiger partial charge in [0.05, 0.1) is 25.7 Å². The number of amides is 1. The van der Waals surface area contributed by atoms with Gasteiger partial charge in [-0.1, -0.05) is 33.8 Å². The first kappa shape index (κ1) is 19.2. The summed E-state index contributed by atoms with van der Waals surface area (Å²) in [6, 6.07) is 12.7. The van der Waals surface area contributed by atoms with Gasteiger partial charge in [-0.05, 0) is 30.3 Å². The van der Waals surface area contributed by atoms with Crippen LogP contribution in [0.25, 0.3) is 11.5 Å². The molecule has 0 unspecified atom stereocenters. The van der Waals surface area contributed by atoms with E-state index in [2.05, 4.69) is 31.4 Å². The number of anilines is 1. The molecule has 0 fully saturated rings. The molecule has 140 valence electrons. The third-order valence-electron chi connectivity index (χ3n) is 3.49. The van der Waals surface area contributed by atoms with E-state index in [-0.39, 0.29) is 11.7 Å². The fraction of sp³-hybridized carbons (Fsp3) is 0.167. The molecule has 0 aliphatic carbocycles. The second kappa shape index (κ2) is 8.92. The molecule has 0 atom stereocenters. The number of hydrogen-bond donors (Lipinski definition) is 1. The van der Waals surface area contributed by atoms with Crippen molar-refractivity contribution in [2.75, 3.05) is 25.3 Å². The lowest BCUT2D eigenvalue weighted by atomic mass is 10.2. The number of carbonyl (C=O) groups excluding carboxylic acids is 1. The van der Waals surface area contributed by atoms with E-state index in [1.807, 2.05) is 24.3 Å². The quantitative estimate of drug-likeness (QED) is 0.539. The fourth-order valence-corrected chi connectivity index (χ4v) is 3.19. The molecule has 9 heteroatoms. The van der Waals surface area contributed by atoms with Crippen LogP contribution in [0.2, 0.25) is 0 Å². The summed E-state index contributed by atoms with van der Waals surface area (Å²) < 4.78 is 16.9. The maximum atomic E-state index is 12.3. The van der Waals surface area contributed by atoms with Crippen molar-refractivity contribution in [3.8, 4) is 23.0 Å². The van der Waals surface area contributed by atoms with Crippen molar-refractivity contribution < 1.29 is 18.7 Å². The van der Waals surface area contributed by atoms with E-state index in [0.717, 1.165) is 21.8 Å². The lowest BCUT2D eigenvalue weighted by Crippen LogP contribution is -2.14. The first-order valence-electron chi connectivity index (χ1n) is 7.83. The lowest BCUT2D eigenvalue weighted by Gasteiger charge is -2.11. The number of nitrogens with one attached hydrogen (secondary N) is 1. The van der Waals surface area contributed by atoms with Gasteiger partial charge in [0, 0.05) is 16.1 Å². The molecule has 27 heavy (non-hydrogen) atoms. The zero-order valence-corrected chi connectivity index (χ0v) is 17.0. The molecule has 3 rings (SSSR count). The van der Waals surface area contributed by atoms with Crippen LogP contribution in [0.15, 0.2) is 56.6 Å². The van der Waals surface area contributed by atoms with Crippen LogP contribution in [0, 0.1) is 0 Å². The fourth-order valence-electron chi connectivity index (χ4n) is 2.23. The summed E-state index contributed by atoms with van der Waals surface area (Å²) in [4.78, 5) is 12.3. The molecule has 7 nitrogen and oxygen atoms in total. The van der Waals surface area contributed by atoms with Gasteiger partial charge in [0.2, 0.25) is 11.8 Å². The van der Waals surface area contributed by atoms with Gasteiger partial charge >= 0.3 is 0 Å². The normalized spacial score (nSPS) is 10.5. The van der Waals surface area contributed by atoms with Crippen LogP contribution in [0.3, 0.4) is 0 Å². The minimum absolute atomic E-state index is 0.112. The highest BCUT2D eigenvalue weighted by atomic mass is 79.9. The van der Waals surface area contributed by atoms with Gasteiger partial charge in [0.1, 0.15) is 11.5 Å². The Bertz CT molecular complexity index is 948. The molecule has 0 bridgehead atoms. The molecule has 0 radical (unpaired) electrons. The largest absolute Gasteiger partial charge is 0.497 e. The Morgan fingerprint density at radius 3 is 2.78 bits per heavy atom. The molecule has 0 aliphatic heterocycles. The molecule has 1 heterocycles. The van der Waals surface area contributed by atoms with Crippen LogP contribution in [0.1, 0.15) is 0 Å². The molecule has 1 N–H and O–H groups in total. The minimum Gasteiger partial charge on any atom is -0.497 e. The summed E-state index contributed by atoms with van der Waals surface area (Å²) in [5.74, 6) is 1.45. The minimum atomic E-state index is -0.228. The SMILES string of the molecule is COc1ccc(OC)c(NC(=O)CSc2nnc(-c3cccc(Br)c3)o2)c1. The van der Waals surface area contributed by atoms with Crippen molar-refractivity contribution in [2.45, 2.75) is 5.22 Å². The maximum absolute atomic E-state index is 12.3. The van der Waals surface area contributed by atoms with Gasteiger partial charge in [0.15, 0.2) is 0 Å². The van der Waals surface area contributed by atoms with Crippen molar-refractivity contribution in [3.63, 3.8) is 0 Å². The van der Waals surface area contributed by atoms with Gasteiger partial charge in [-0.15, -0.1) is 10.2 Å². The van der Waals surface area contributed by atoms with E-state index in [4.69, 9.17) is 13.9 Å². The summed E-state index contributed by atoms with van der Waals surface area (Å²) in [6.07, 6.45) is 0. The summed E-state index contributed by atoms with van der Waals surface area (Å²) in [5.41, 5.74) is 1.33. The van der Waals surface area contributed by atoms with Crippen molar-refractivity contribution in [2.24, 2.45) is 0 Å². The Kier molecular flexibility index (Phi) is 6.36. The van der Waals surface area contributed by atoms with Gasteiger partial charge in [0.25, 0.3) is 5.22 Å². The number of aromatic nitrogens is 2. The first-order chi connectivity index (χ1) is 13.1. The summed E-state index contributed by atoms with van der Waals surface area (Å²) in [7, 11) is 3.09. The third-order valence-corrected chi connectivity index (χ3v) is 4.80. The average molecular weight is 450 g/mol. The second-order valence-electron chi connectivity index (χ2n) is 5.29. The van der Waals surface area contributed by atoms with E-state index in [1.165, 1.54) is 7.11 Å². The van der Waals surface area contributed by atoms with Gasteiger partial charge in [-0.2, -0.15) is 0 Å². The number of nitrogens with zero attached hydrogens (tertiary/aromatic N) is 2. The molecule has 2 aromatic carbocycles. The number of rotatable bonds is 7. The number of ether oxygens (including phenoxy) is 2. The Hall–Kier alpha value is -2.52. The molecule has 1 amide bonds. The summed E-state index contributed by atoms with van der Waals surface area (Å²) in [5, 5.41) is 11.1. The summed E-state index contributed by atoms with van der Waals surface area (Å²) >= 11 is 4.56. The molecular formula is C18H16BrN3O4S. The number of halogens is 1. The van der Waals surface area contributed by atoms with Crippen LogP contribution in [0.4, 0.5) is 5.69 Å². The van der Waals surface area contributed by atoms with Crippen LogP contribution in [0.5, 0.6) is 11.5 Å². The average Bonchev–Trinajstić information content (AvgIpc) is 3.15.